The Labute approximate surface area is 95.9 Å². The van der Waals surface area contributed by atoms with E-state index in [0.717, 1.165) is 6.54 Å². The lowest BCUT2D eigenvalue weighted by Gasteiger charge is -2.22. The van der Waals surface area contributed by atoms with Crippen LogP contribution in [0.25, 0.3) is 0 Å². The predicted octanol–water partition coefficient (Wildman–Crippen LogP) is 3.14. The smallest absolute Gasteiger partial charge is 0.223 e. The van der Waals surface area contributed by atoms with E-state index in [1.807, 2.05) is 12.4 Å². The summed E-state index contributed by atoms with van der Waals surface area (Å²) in [6, 6.07) is 2.06. The molecule has 0 fully saturated rings. The predicted molar refractivity (Wildman–Crippen MR) is 64.9 cm³/mol. The fraction of sp³-hybridized carbons (Fsp3) is 0.583. The van der Waals surface area contributed by atoms with E-state index in [1.165, 1.54) is 5.56 Å². The van der Waals surface area contributed by atoms with Crippen LogP contribution in [0.4, 0.5) is 0 Å². The summed E-state index contributed by atoms with van der Waals surface area (Å²) < 4.78 is 0. The zero-order chi connectivity index (χ0) is 11.5. The molecule has 1 rings (SSSR count). The van der Waals surface area contributed by atoms with Crippen molar-refractivity contribution in [2.75, 3.05) is 7.05 Å². The largest absolute Gasteiger partial charge is 0.341 e. The number of carbonyl (C=O) groups is 1. The average molecular weight is 225 g/mol. The summed E-state index contributed by atoms with van der Waals surface area (Å²) in [5.41, 5.74) is 1.28. The molecule has 15 heavy (non-hydrogen) atoms. The number of hydrogen-bond acceptors (Lipinski definition) is 2. The number of thiophene rings is 1. The van der Waals surface area contributed by atoms with Crippen molar-refractivity contribution in [1.29, 1.82) is 0 Å². The van der Waals surface area contributed by atoms with Gasteiger partial charge in [-0.15, -0.1) is 0 Å². The standard InChI is InChI=1S/C12H19NOS/c1-12(2,3)7-11(14)13(4)8-10-5-6-15-9-10/h5-6,9H,7-8H2,1-4H3. The number of rotatable bonds is 3. The third-order valence-electron chi connectivity index (χ3n) is 2.11. The van der Waals surface area contributed by atoms with Crippen LogP contribution in [0.5, 0.6) is 0 Å². The summed E-state index contributed by atoms with van der Waals surface area (Å²) in [5, 5.41) is 4.12. The van der Waals surface area contributed by atoms with Gasteiger partial charge in [0.25, 0.3) is 0 Å². The summed E-state index contributed by atoms with van der Waals surface area (Å²) >= 11 is 1.67. The van der Waals surface area contributed by atoms with Crippen LogP contribution in [0, 0.1) is 5.41 Å². The monoisotopic (exact) mass is 225 g/mol. The maximum Gasteiger partial charge on any atom is 0.223 e. The molecule has 0 aliphatic rings. The van der Waals surface area contributed by atoms with Crippen molar-refractivity contribution < 1.29 is 4.79 Å². The molecular formula is C12H19NOS. The Morgan fingerprint density at radius 1 is 1.47 bits per heavy atom. The van der Waals surface area contributed by atoms with Crippen LogP contribution >= 0.6 is 11.3 Å². The summed E-state index contributed by atoms with van der Waals surface area (Å²) in [5.74, 6) is 0.216. The first-order valence-corrected chi connectivity index (χ1v) is 6.08. The van der Waals surface area contributed by atoms with Gasteiger partial charge < -0.3 is 4.90 Å². The van der Waals surface area contributed by atoms with Gasteiger partial charge in [0, 0.05) is 20.0 Å². The molecule has 0 saturated heterocycles. The van der Waals surface area contributed by atoms with E-state index in [-0.39, 0.29) is 11.3 Å². The van der Waals surface area contributed by atoms with Gasteiger partial charge in [0.2, 0.25) is 5.91 Å². The molecule has 2 nitrogen and oxygen atoms in total. The third-order valence-corrected chi connectivity index (χ3v) is 2.84. The Morgan fingerprint density at radius 2 is 2.13 bits per heavy atom. The summed E-state index contributed by atoms with van der Waals surface area (Å²) in [7, 11) is 1.87. The van der Waals surface area contributed by atoms with E-state index in [9.17, 15) is 4.79 Å². The van der Waals surface area contributed by atoms with Gasteiger partial charge in [0.15, 0.2) is 0 Å². The minimum atomic E-state index is 0.0694. The van der Waals surface area contributed by atoms with E-state index in [0.29, 0.717) is 6.42 Å². The first-order valence-electron chi connectivity index (χ1n) is 5.13. The second-order valence-corrected chi connectivity index (χ2v) is 5.90. The molecule has 0 aliphatic heterocycles. The van der Waals surface area contributed by atoms with E-state index in [2.05, 4.69) is 32.2 Å². The number of hydrogen-bond donors (Lipinski definition) is 0. The minimum absolute atomic E-state index is 0.0694. The molecule has 1 aromatic rings. The van der Waals surface area contributed by atoms with E-state index >= 15 is 0 Å². The number of carbonyl (C=O) groups excluding carboxylic acids is 1. The molecule has 84 valence electrons. The average Bonchev–Trinajstić information content (AvgIpc) is 2.53. The van der Waals surface area contributed by atoms with Crippen molar-refractivity contribution in [1.82, 2.24) is 4.90 Å². The van der Waals surface area contributed by atoms with Crippen molar-refractivity contribution in [3.8, 4) is 0 Å². The van der Waals surface area contributed by atoms with Gasteiger partial charge in [-0.2, -0.15) is 11.3 Å². The van der Waals surface area contributed by atoms with Crippen LogP contribution < -0.4 is 0 Å². The highest BCUT2D eigenvalue weighted by Crippen LogP contribution is 2.20. The SMILES string of the molecule is CN(Cc1ccsc1)C(=O)CC(C)(C)C. The molecule has 0 unspecified atom stereocenters. The van der Waals surface area contributed by atoms with Gasteiger partial charge in [-0.25, -0.2) is 0 Å². The van der Waals surface area contributed by atoms with Crippen LogP contribution in [0.1, 0.15) is 32.8 Å². The van der Waals surface area contributed by atoms with E-state index < -0.39 is 0 Å². The zero-order valence-electron chi connectivity index (χ0n) is 9.91. The molecule has 3 heteroatoms. The third kappa shape index (κ3) is 4.47. The molecule has 0 bridgehead atoms. The van der Waals surface area contributed by atoms with Gasteiger partial charge in [-0.05, 0) is 27.8 Å². The van der Waals surface area contributed by atoms with Crippen LogP contribution in [-0.4, -0.2) is 17.9 Å². The van der Waals surface area contributed by atoms with Crippen molar-refractivity contribution in [3.63, 3.8) is 0 Å². The summed E-state index contributed by atoms with van der Waals surface area (Å²) in [6.07, 6.45) is 0.605. The zero-order valence-corrected chi connectivity index (χ0v) is 10.7. The second kappa shape index (κ2) is 4.79. The molecule has 0 spiro atoms. The highest BCUT2D eigenvalue weighted by Gasteiger charge is 2.18. The van der Waals surface area contributed by atoms with Gasteiger partial charge >= 0.3 is 0 Å². The van der Waals surface area contributed by atoms with Gasteiger partial charge in [-0.1, -0.05) is 20.8 Å². The summed E-state index contributed by atoms with van der Waals surface area (Å²) in [4.78, 5) is 13.6. The molecule has 1 heterocycles. The molecule has 0 aromatic carbocycles. The normalized spacial score (nSPS) is 11.5. The Balaban J connectivity index is 2.47. The maximum absolute atomic E-state index is 11.8. The van der Waals surface area contributed by atoms with Gasteiger partial charge in [0.1, 0.15) is 0 Å². The summed E-state index contributed by atoms with van der Waals surface area (Å²) in [6.45, 7) is 6.98. The Kier molecular flexibility index (Phi) is 3.91. The first-order chi connectivity index (χ1) is 6.88. The topological polar surface area (TPSA) is 20.3 Å². The maximum atomic E-state index is 11.8. The first kappa shape index (κ1) is 12.2. The molecule has 1 aromatic heterocycles. The Morgan fingerprint density at radius 3 is 2.60 bits per heavy atom. The Hall–Kier alpha value is -0.830. The highest BCUT2D eigenvalue weighted by molar-refractivity contribution is 7.07. The molecule has 0 N–H and O–H groups in total. The van der Waals surface area contributed by atoms with Crippen molar-refractivity contribution in [3.05, 3.63) is 22.4 Å². The van der Waals surface area contributed by atoms with E-state index in [4.69, 9.17) is 0 Å². The van der Waals surface area contributed by atoms with Crippen LogP contribution in [-0.2, 0) is 11.3 Å². The van der Waals surface area contributed by atoms with Gasteiger partial charge in [-0.3, -0.25) is 4.79 Å². The quantitative estimate of drug-likeness (QED) is 0.774. The molecule has 1 amide bonds. The highest BCUT2D eigenvalue weighted by atomic mass is 32.1. The van der Waals surface area contributed by atoms with Crippen LogP contribution in [0.2, 0.25) is 0 Å². The minimum Gasteiger partial charge on any atom is -0.341 e. The van der Waals surface area contributed by atoms with Crippen molar-refractivity contribution >= 4 is 17.2 Å². The lowest BCUT2D eigenvalue weighted by molar-refractivity contribution is -0.132. The molecule has 0 atom stereocenters. The number of amides is 1. The lowest BCUT2D eigenvalue weighted by Crippen LogP contribution is -2.29. The van der Waals surface area contributed by atoms with E-state index in [1.54, 1.807) is 16.2 Å². The number of nitrogens with zero attached hydrogens (tertiary/aromatic N) is 1. The Bertz CT molecular complexity index is 311. The molecule has 0 saturated carbocycles. The van der Waals surface area contributed by atoms with Gasteiger partial charge in [0.05, 0.1) is 0 Å². The van der Waals surface area contributed by atoms with Crippen molar-refractivity contribution in [2.24, 2.45) is 5.41 Å². The van der Waals surface area contributed by atoms with Crippen LogP contribution in [0.15, 0.2) is 16.8 Å². The van der Waals surface area contributed by atoms with Crippen LogP contribution in [0.3, 0.4) is 0 Å². The van der Waals surface area contributed by atoms with Crippen molar-refractivity contribution in [2.45, 2.75) is 33.7 Å². The molecule has 0 radical (unpaired) electrons. The fourth-order valence-electron chi connectivity index (χ4n) is 1.33. The fourth-order valence-corrected chi connectivity index (χ4v) is 1.99. The molecule has 0 aliphatic carbocycles. The lowest BCUT2D eigenvalue weighted by atomic mass is 9.91. The second-order valence-electron chi connectivity index (χ2n) is 5.12. The molecular weight excluding hydrogens is 206 g/mol.